The molecule has 0 aliphatic heterocycles. The Morgan fingerprint density at radius 1 is 1.18 bits per heavy atom. The van der Waals surface area contributed by atoms with Crippen molar-refractivity contribution < 1.29 is 31.6 Å². The molecule has 0 amide bonds. The molecule has 116 valence electrons. The number of hydrogen-bond acceptors (Lipinski definition) is 4. The average molecular weight is 324 g/mol. The van der Waals surface area contributed by atoms with E-state index in [1.54, 1.807) is 22.8 Å². The second kappa shape index (κ2) is 6.12. The molecule has 7 nitrogen and oxygen atoms in total. The van der Waals surface area contributed by atoms with Crippen molar-refractivity contribution >= 4 is 16.4 Å². The zero-order valence-electron chi connectivity index (χ0n) is 11.6. The van der Waals surface area contributed by atoms with Gasteiger partial charge in [0.15, 0.2) is 12.2 Å². The smallest absolute Gasteiger partial charge is 0.446 e. The maximum atomic E-state index is 10.8. The molecule has 0 aliphatic rings. The van der Waals surface area contributed by atoms with Crippen LogP contribution in [0.5, 0.6) is 5.75 Å². The van der Waals surface area contributed by atoms with Crippen LogP contribution in [0.1, 0.15) is 21.6 Å². The summed E-state index contributed by atoms with van der Waals surface area (Å²) in [6.45, 7) is 2.22. The van der Waals surface area contributed by atoms with Gasteiger partial charge in [0.1, 0.15) is 0 Å². The van der Waals surface area contributed by atoms with Crippen LogP contribution >= 0.6 is 0 Å². The van der Waals surface area contributed by atoms with Crippen LogP contribution < -0.4 is 8.75 Å². The average Bonchev–Trinajstić information content (AvgIpc) is 2.41. The Hall–Kier alpha value is -2.45. The molecule has 2 rings (SSSR count). The molecule has 0 atom stereocenters. The number of carboxylic acids is 1. The molecular weight excluding hydrogens is 310 g/mol. The van der Waals surface area contributed by atoms with Crippen LogP contribution in [-0.2, 0) is 16.9 Å². The van der Waals surface area contributed by atoms with Gasteiger partial charge >= 0.3 is 16.4 Å². The zero-order chi connectivity index (χ0) is 16.3. The van der Waals surface area contributed by atoms with E-state index in [0.29, 0.717) is 6.54 Å². The number of pyridine rings is 1. The molecule has 2 N–H and O–H groups in total. The van der Waals surface area contributed by atoms with Gasteiger partial charge in [0.2, 0.25) is 11.9 Å². The molecule has 1 heterocycles. The first-order valence-electron chi connectivity index (χ1n) is 6.24. The van der Waals surface area contributed by atoms with Crippen LogP contribution in [0.2, 0.25) is 0 Å². The van der Waals surface area contributed by atoms with Crippen LogP contribution in [0.4, 0.5) is 0 Å². The summed E-state index contributed by atoms with van der Waals surface area (Å²) in [5.41, 5.74) is 1.86. The van der Waals surface area contributed by atoms with Gasteiger partial charge in [0, 0.05) is 18.6 Å². The third-order valence-electron chi connectivity index (χ3n) is 2.98. The summed E-state index contributed by atoms with van der Waals surface area (Å²) in [5, 5.41) is 8.85. The summed E-state index contributed by atoms with van der Waals surface area (Å²) in [6.07, 6.45) is 1.44. The lowest BCUT2D eigenvalue weighted by molar-refractivity contribution is -0.694. The molecule has 0 radical (unpaired) electrons. The second-order valence-electron chi connectivity index (χ2n) is 4.65. The molecule has 0 fully saturated rings. The quantitative estimate of drug-likeness (QED) is 0.633. The highest BCUT2D eigenvalue weighted by molar-refractivity contribution is 7.81. The highest BCUT2D eigenvalue weighted by atomic mass is 32.3. The molecule has 8 heteroatoms. The SMILES string of the molecule is Cc1ccc(OS(=O)(=O)O)c[n+]1Cc1ccc(C(=O)O)cc1. The minimum atomic E-state index is -4.57. The van der Waals surface area contributed by atoms with Gasteiger partial charge in [-0.25, -0.2) is 4.79 Å². The topological polar surface area (TPSA) is 105 Å². The summed E-state index contributed by atoms with van der Waals surface area (Å²) in [4.78, 5) is 10.8. The van der Waals surface area contributed by atoms with Gasteiger partial charge < -0.3 is 9.29 Å². The van der Waals surface area contributed by atoms with Crippen molar-refractivity contribution in [3.05, 3.63) is 59.4 Å². The Labute approximate surface area is 127 Å². The van der Waals surface area contributed by atoms with Crippen LogP contribution in [0.15, 0.2) is 42.6 Å². The van der Waals surface area contributed by atoms with E-state index in [9.17, 15) is 13.2 Å². The van der Waals surface area contributed by atoms with Gasteiger partial charge in [-0.2, -0.15) is 13.0 Å². The Bertz CT molecular complexity index is 799. The van der Waals surface area contributed by atoms with Crippen LogP contribution in [0.25, 0.3) is 0 Å². The lowest BCUT2D eigenvalue weighted by atomic mass is 10.1. The number of carbonyl (C=O) groups is 1. The van der Waals surface area contributed by atoms with E-state index in [4.69, 9.17) is 9.66 Å². The predicted octanol–water partition coefficient (Wildman–Crippen LogP) is 1.21. The summed E-state index contributed by atoms with van der Waals surface area (Å²) in [7, 11) is -4.57. The third-order valence-corrected chi connectivity index (χ3v) is 3.38. The molecule has 0 saturated heterocycles. The van der Waals surface area contributed by atoms with Crippen molar-refractivity contribution in [3.63, 3.8) is 0 Å². The van der Waals surface area contributed by atoms with E-state index in [2.05, 4.69) is 4.18 Å². The lowest BCUT2D eigenvalue weighted by Crippen LogP contribution is -2.37. The fraction of sp³-hybridized carbons (Fsp3) is 0.143. The second-order valence-corrected chi connectivity index (χ2v) is 5.67. The molecule has 0 saturated carbocycles. The minimum Gasteiger partial charge on any atom is -0.478 e. The molecule has 2 aromatic rings. The lowest BCUT2D eigenvalue weighted by Gasteiger charge is -2.04. The van der Waals surface area contributed by atoms with Crippen LogP contribution in [-0.4, -0.2) is 24.0 Å². The number of nitrogens with zero attached hydrogens (tertiary/aromatic N) is 1. The fourth-order valence-electron chi connectivity index (χ4n) is 1.89. The highest BCUT2D eigenvalue weighted by Crippen LogP contribution is 2.11. The zero-order valence-corrected chi connectivity index (χ0v) is 12.4. The Morgan fingerprint density at radius 2 is 1.82 bits per heavy atom. The summed E-state index contributed by atoms with van der Waals surface area (Å²) in [5.74, 6) is -1.02. The van der Waals surface area contributed by atoms with E-state index in [0.717, 1.165) is 11.3 Å². The standard InChI is InChI=1S/C14H13NO6S/c1-10-2-7-13(21-22(18,19)20)9-15(10)8-11-3-5-12(6-4-11)14(16)17/h2-7,9H,8H2,1H3,(H-,16,17,18,19,20)/p+1. The Kier molecular flexibility index (Phi) is 4.43. The summed E-state index contributed by atoms with van der Waals surface area (Å²) >= 11 is 0. The van der Waals surface area contributed by atoms with E-state index in [1.807, 2.05) is 6.92 Å². The maximum Gasteiger partial charge on any atom is 0.446 e. The van der Waals surface area contributed by atoms with Crippen LogP contribution in [0.3, 0.4) is 0 Å². The minimum absolute atomic E-state index is 0.0183. The molecule has 1 aromatic carbocycles. The molecule has 1 aromatic heterocycles. The number of hydrogen-bond donors (Lipinski definition) is 2. The predicted molar refractivity (Wildman–Crippen MR) is 76.1 cm³/mol. The first-order valence-corrected chi connectivity index (χ1v) is 7.60. The molecule has 0 spiro atoms. The molecule has 22 heavy (non-hydrogen) atoms. The van der Waals surface area contributed by atoms with Gasteiger partial charge in [0.25, 0.3) is 0 Å². The van der Waals surface area contributed by atoms with Crippen molar-refractivity contribution in [2.24, 2.45) is 0 Å². The van der Waals surface area contributed by atoms with Gasteiger partial charge in [-0.05, 0) is 18.2 Å². The Balaban J connectivity index is 2.24. The van der Waals surface area contributed by atoms with Gasteiger partial charge in [-0.15, -0.1) is 0 Å². The fourth-order valence-corrected chi connectivity index (χ4v) is 2.23. The third kappa shape index (κ3) is 4.27. The Morgan fingerprint density at radius 3 is 2.36 bits per heavy atom. The van der Waals surface area contributed by atoms with Gasteiger partial charge in [-0.3, -0.25) is 4.55 Å². The number of aromatic carboxylic acids is 1. The van der Waals surface area contributed by atoms with Gasteiger partial charge in [0.05, 0.1) is 5.56 Å². The molecule has 0 aliphatic carbocycles. The van der Waals surface area contributed by atoms with E-state index in [-0.39, 0.29) is 11.3 Å². The number of carboxylic acid groups (broad SMARTS) is 1. The van der Waals surface area contributed by atoms with E-state index >= 15 is 0 Å². The maximum absolute atomic E-state index is 10.8. The van der Waals surface area contributed by atoms with Crippen LogP contribution in [0, 0.1) is 6.92 Å². The first kappa shape index (κ1) is 15.9. The molecule has 0 unspecified atom stereocenters. The molecule has 0 bridgehead atoms. The summed E-state index contributed by atoms with van der Waals surface area (Å²) < 4.78 is 36.3. The monoisotopic (exact) mass is 324 g/mol. The number of aryl methyl sites for hydroxylation is 1. The van der Waals surface area contributed by atoms with Crippen molar-refractivity contribution in [2.45, 2.75) is 13.5 Å². The van der Waals surface area contributed by atoms with Crippen molar-refractivity contribution in [2.75, 3.05) is 0 Å². The van der Waals surface area contributed by atoms with Crippen molar-refractivity contribution in [1.29, 1.82) is 0 Å². The highest BCUT2D eigenvalue weighted by Gasteiger charge is 2.14. The largest absolute Gasteiger partial charge is 0.478 e. The van der Waals surface area contributed by atoms with Gasteiger partial charge in [-0.1, -0.05) is 12.1 Å². The summed E-state index contributed by atoms with van der Waals surface area (Å²) in [6, 6.07) is 9.40. The molecular formula is C14H14NO6S+. The number of benzene rings is 1. The van der Waals surface area contributed by atoms with Crippen molar-refractivity contribution in [3.8, 4) is 5.75 Å². The number of rotatable bonds is 5. The van der Waals surface area contributed by atoms with E-state index in [1.165, 1.54) is 24.4 Å². The van der Waals surface area contributed by atoms with Crippen molar-refractivity contribution in [1.82, 2.24) is 0 Å². The first-order chi connectivity index (χ1) is 10.2. The normalized spacial score (nSPS) is 11.2. The number of aromatic nitrogens is 1. The van der Waals surface area contributed by atoms with E-state index < -0.39 is 16.4 Å².